The van der Waals surface area contributed by atoms with Crippen molar-refractivity contribution < 1.29 is 4.79 Å². The number of benzene rings is 1. The summed E-state index contributed by atoms with van der Waals surface area (Å²) in [6.45, 7) is 4.77. The molecular weight excluding hydrogens is 408 g/mol. The number of carbonyl (C=O) groups is 1. The van der Waals surface area contributed by atoms with E-state index in [9.17, 15) is 4.79 Å². The van der Waals surface area contributed by atoms with Crippen LogP contribution in [0.4, 0.5) is 5.82 Å². The van der Waals surface area contributed by atoms with Crippen molar-refractivity contribution in [3.63, 3.8) is 0 Å². The Morgan fingerprint density at radius 3 is 2.76 bits per heavy atom. The van der Waals surface area contributed by atoms with E-state index in [1.54, 1.807) is 4.52 Å². The Morgan fingerprint density at radius 1 is 1.21 bits per heavy atom. The topological polar surface area (TPSA) is 66.6 Å². The van der Waals surface area contributed by atoms with Crippen molar-refractivity contribution in [1.82, 2.24) is 24.5 Å². The van der Waals surface area contributed by atoms with E-state index in [0.717, 1.165) is 41.1 Å². The van der Waals surface area contributed by atoms with Crippen LogP contribution in [0.25, 0.3) is 15.9 Å². The molecule has 7 nitrogen and oxygen atoms in total. The Morgan fingerprint density at radius 2 is 2.00 bits per heavy atom. The first-order valence-corrected chi connectivity index (χ1v) is 10.8. The van der Waals surface area contributed by atoms with Crippen LogP contribution in [0.15, 0.2) is 36.7 Å². The number of thiophene rings is 1. The Labute approximate surface area is 176 Å². The number of carbonyl (C=O) groups excluding carboxylic acids is 1. The molecule has 0 spiro atoms. The van der Waals surface area contributed by atoms with Gasteiger partial charge in [-0.3, -0.25) is 4.79 Å². The molecule has 1 aliphatic rings. The first-order chi connectivity index (χ1) is 14.2. The van der Waals surface area contributed by atoms with Gasteiger partial charge in [-0.25, -0.2) is 4.98 Å². The molecule has 29 heavy (non-hydrogen) atoms. The van der Waals surface area contributed by atoms with Crippen LogP contribution in [0, 0.1) is 0 Å². The van der Waals surface area contributed by atoms with Crippen LogP contribution in [0.3, 0.4) is 0 Å². The van der Waals surface area contributed by atoms with Crippen molar-refractivity contribution in [2.45, 2.75) is 13.3 Å². The summed E-state index contributed by atoms with van der Waals surface area (Å²) in [6, 6.07) is 9.92. The number of aromatic nitrogens is 4. The van der Waals surface area contributed by atoms with E-state index < -0.39 is 0 Å². The van der Waals surface area contributed by atoms with E-state index in [1.165, 1.54) is 17.7 Å². The van der Waals surface area contributed by atoms with Crippen LogP contribution in [-0.4, -0.2) is 56.6 Å². The number of anilines is 1. The SMILES string of the molecule is CCc1cc(N2CCN(C(=O)c3sc4ccccc4c3Cl)CC2)n2ncnc2n1. The lowest BCUT2D eigenvalue weighted by atomic mass is 10.2. The highest BCUT2D eigenvalue weighted by Crippen LogP contribution is 2.36. The van der Waals surface area contributed by atoms with Crippen molar-refractivity contribution in [1.29, 1.82) is 0 Å². The lowest BCUT2D eigenvalue weighted by Crippen LogP contribution is -2.49. The molecule has 4 aromatic rings. The smallest absolute Gasteiger partial charge is 0.265 e. The number of rotatable bonds is 3. The maximum absolute atomic E-state index is 13.1. The average Bonchev–Trinajstić information content (AvgIpc) is 3.37. The molecule has 0 bridgehead atoms. The second-order valence-corrected chi connectivity index (χ2v) is 8.38. The quantitative estimate of drug-likeness (QED) is 0.501. The monoisotopic (exact) mass is 426 g/mol. The third-order valence-electron chi connectivity index (χ3n) is 5.27. The van der Waals surface area contributed by atoms with Gasteiger partial charge in [0, 0.05) is 48.0 Å². The van der Waals surface area contributed by atoms with Crippen LogP contribution in [0.5, 0.6) is 0 Å². The van der Waals surface area contributed by atoms with Gasteiger partial charge in [-0.05, 0) is 12.5 Å². The number of nitrogens with zero attached hydrogens (tertiary/aromatic N) is 6. The van der Waals surface area contributed by atoms with Crippen LogP contribution >= 0.6 is 22.9 Å². The minimum Gasteiger partial charge on any atom is -0.353 e. The van der Waals surface area contributed by atoms with Crippen LogP contribution in [0.1, 0.15) is 22.3 Å². The van der Waals surface area contributed by atoms with Crippen molar-refractivity contribution >= 4 is 50.5 Å². The summed E-state index contributed by atoms with van der Waals surface area (Å²) in [5, 5.41) is 5.81. The van der Waals surface area contributed by atoms with E-state index in [-0.39, 0.29) is 5.91 Å². The van der Waals surface area contributed by atoms with Crippen LogP contribution < -0.4 is 4.90 Å². The Kier molecular flexibility index (Phi) is 4.60. The van der Waals surface area contributed by atoms with Crippen molar-refractivity contribution in [3.05, 3.63) is 52.3 Å². The van der Waals surface area contributed by atoms with Gasteiger partial charge in [0.1, 0.15) is 17.0 Å². The average molecular weight is 427 g/mol. The lowest BCUT2D eigenvalue weighted by Gasteiger charge is -2.35. The first kappa shape index (κ1) is 18.3. The highest BCUT2D eigenvalue weighted by atomic mass is 35.5. The minimum absolute atomic E-state index is 0.00530. The molecule has 5 rings (SSSR count). The number of amides is 1. The minimum atomic E-state index is 0.00530. The normalized spacial score (nSPS) is 14.8. The van der Waals surface area contributed by atoms with Gasteiger partial charge < -0.3 is 9.80 Å². The van der Waals surface area contributed by atoms with Gasteiger partial charge in [0.25, 0.3) is 11.7 Å². The van der Waals surface area contributed by atoms with Gasteiger partial charge >= 0.3 is 0 Å². The molecule has 1 saturated heterocycles. The van der Waals surface area contributed by atoms with Gasteiger partial charge in [-0.1, -0.05) is 36.7 Å². The molecule has 0 atom stereocenters. The molecule has 1 aliphatic heterocycles. The second kappa shape index (κ2) is 7.27. The molecule has 0 aliphatic carbocycles. The number of hydrogen-bond acceptors (Lipinski definition) is 6. The van der Waals surface area contributed by atoms with E-state index in [0.29, 0.717) is 28.8 Å². The highest BCUT2D eigenvalue weighted by Gasteiger charge is 2.27. The largest absolute Gasteiger partial charge is 0.353 e. The van der Waals surface area contributed by atoms with E-state index >= 15 is 0 Å². The molecule has 0 N–H and O–H groups in total. The third-order valence-corrected chi connectivity index (χ3v) is 6.93. The molecule has 0 unspecified atom stereocenters. The third kappa shape index (κ3) is 3.12. The number of piperazine rings is 1. The highest BCUT2D eigenvalue weighted by molar-refractivity contribution is 7.21. The zero-order valence-electron chi connectivity index (χ0n) is 15.9. The van der Waals surface area contributed by atoms with Crippen LogP contribution in [-0.2, 0) is 6.42 Å². The molecule has 1 fully saturated rings. The molecule has 4 heterocycles. The van der Waals surface area contributed by atoms with E-state index in [2.05, 4.69) is 33.0 Å². The van der Waals surface area contributed by atoms with Gasteiger partial charge in [-0.15, -0.1) is 11.3 Å². The van der Waals surface area contributed by atoms with E-state index in [4.69, 9.17) is 11.6 Å². The summed E-state index contributed by atoms with van der Waals surface area (Å²) in [6.07, 6.45) is 2.35. The summed E-state index contributed by atoms with van der Waals surface area (Å²) < 4.78 is 2.80. The molecule has 1 aromatic carbocycles. The molecule has 148 valence electrons. The Hall–Kier alpha value is -2.71. The zero-order chi connectivity index (χ0) is 20.0. The summed E-state index contributed by atoms with van der Waals surface area (Å²) in [5.41, 5.74) is 0.982. The summed E-state index contributed by atoms with van der Waals surface area (Å²) >= 11 is 7.97. The molecular formula is C20H19ClN6OS. The fourth-order valence-corrected chi connectivity index (χ4v) is 5.16. The maximum atomic E-state index is 13.1. The standard InChI is InChI=1S/C20H19ClN6OS/c1-2-13-11-16(27-20(24-13)22-12-23-27)25-7-9-26(10-8-25)19(28)18-17(21)14-5-3-4-6-15(14)29-18/h3-6,11-12H,2,7-10H2,1H3. The number of halogens is 1. The van der Waals surface area contributed by atoms with E-state index in [1.807, 2.05) is 29.2 Å². The number of hydrogen-bond donors (Lipinski definition) is 0. The number of fused-ring (bicyclic) bond motifs is 2. The predicted octanol–water partition coefficient (Wildman–Crippen LogP) is 3.52. The molecule has 9 heteroatoms. The van der Waals surface area contributed by atoms with Gasteiger partial charge in [0.15, 0.2) is 0 Å². The van der Waals surface area contributed by atoms with Crippen molar-refractivity contribution in [3.8, 4) is 0 Å². The maximum Gasteiger partial charge on any atom is 0.265 e. The number of aryl methyl sites for hydroxylation is 1. The first-order valence-electron chi connectivity index (χ1n) is 9.56. The fourth-order valence-electron chi connectivity index (χ4n) is 3.68. The molecule has 0 saturated carbocycles. The van der Waals surface area contributed by atoms with Crippen LogP contribution in [0.2, 0.25) is 5.02 Å². The van der Waals surface area contributed by atoms with Crippen molar-refractivity contribution in [2.24, 2.45) is 0 Å². The fraction of sp³-hybridized carbons (Fsp3) is 0.300. The molecule has 3 aromatic heterocycles. The molecule has 1 amide bonds. The Balaban J connectivity index is 1.37. The zero-order valence-corrected chi connectivity index (χ0v) is 17.4. The molecule has 0 radical (unpaired) electrons. The summed E-state index contributed by atoms with van der Waals surface area (Å²) in [4.78, 5) is 26.6. The summed E-state index contributed by atoms with van der Waals surface area (Å²) in [5.74, 6) is 1.58. The summed E-state index contributed by atoms with van der Waals surface area (Å²) in [7, 11) is 0. The second-order valence-electron chi connectivity index (χ2n) is 6.95. The predicted molar refractivity (Wildman–Crippen MR) is 115 cm³/mol. The lowest BCUT2D eigenvalue weighted by molar-refractivity contribution is 0.0751. The van der Waals surface area contributed by atoms with Gasteiger partial charge in [0.05, 0.1) is 5.02 Å². The van der Waals surface area contributed by atoms with Gasteiger partial charge in [0.2, 0.25) is 0 Å². The van der Waals surface area contributed by atoms with Crippen molar-refractivity contribution in [2.75, 3.05) is 31.1 Å². The Bertz CT molecular complexity index is 1210. The van der Waals surface area contributed by atoms with Gasteiger partial charge in [-0.2, -0.15) is 14.6 Å².